The first-order chi connectivity index (χ1) is 13.6. The van der Waals surface area contributed by atoms with E-state index in [1.807, 2.05) is 13.0 Å². The van der Waals surface area contributed by atoms with Gasteiger partial charge in [-0.15, -0.1) is 0 Å². The minimum atomic E-state index is -0.339. The largest absolute Gasteiger partial charge is 0.349 e. The van der Waals surface area contributed by atoms with Gasteiger partial charge in [0.25, 0.3) is 0 Å². The minimum Gasteiger partial charge on any atom is -0.349 e. The van der Waals surface area contributed by atoms with Gasteiger partial charge in [0, 0.05) is 24.5 Å². The molecule has 1 aliphatic heterocycles. The van der Waals surface area contributed by atoms with Gasteiger partial charge in [0.2, 0.25) is 0 Å². The third-order valence-corrected chi connectivity index (χ3v) is 5.22. The normalized spacial score (nSPS) is 18.0. The molecule has 1 aliphatic rings. The highest BCUT2D eigenvalue weighted by molar-refractivity contribution is 5.84. The number of halogens is 1. The monoisotopic (exact) mass is 382 g/mol. The van der Waals surface area contributed by atoms with Gasteiger partial charge in [0.05, 0.1) is 24.0 Å². The number of aldehydes is 1. The van der Waals surface area contributed by atoms with Gasteiger partial charge in [-0.05, 0) is 50.3 Å². The highest BCUT2D eigenvalue weighted by Gasteiger charge is 2.30. The fraction of sp³-hybridized carbons (Fsp3) is 0.400. The summed E-state index contributed by atoms with van der Waals surface area (Å²) in [5, 5.41) is 4.13. The summed E-state index contributed by atoms with van der Waals surface area (Å²) < 4.78 is 15.6. The van der Waals surface area contributed by atoms with Crippen molar-refractivity contribution in [2.45, 2.75) is 44.7 Å². The number of fused-ring (bicyclic) bond motifs is 1. The first-order valence-corrected chi connectivity index (χ1v) is 9.53. The van der Waals surface area contributed by atoms with E-state index in [9.17, 15) is 9.18 Å². The number of carbonyl (C=O) groups is 1. The van der Waals surface area contributed by atoms with Crippen molar-refractivity contribution in [3.63, 3.8) is 0 Å². The molecule has 1 fully saturated rings. The lowest BCUT2D eigenvalue weighted by molar-refractivity contribution is 0.112. The van der Waals surface area contributed by atoms with Gasteiger partial charge in [-0.25, -0.2) is 13.9 Å². The molecule has 2 atom stereocenters. The number of carbonyl (C=O) groups excluding carboxylic acids is 1. The fourth-order valence-corrected chi connectivity index (χ4v) is 3.83. The Balaban J connectivity index is 1.71. The summed E-state index contributed by atoms with van der Waals surface area (Å²) in [7, 11) is 0. The molecule has 0 radical (unpaired) electrons. The van der Waals surface area contributed by atoms with E-state index in [4.69, 9.17) is 5.73 Å². The highest BCUT2D eigenvalue weighted by atomic mass is 19.1. The molecule has 4 heterocycles. The third kappa shape index (κ3) is 3.47. The summed E-state index contributed by atoms with van der Waals surface area (Å²) in [5.41, 5.74) is 8.65. The van der Waals surface area contributed by atoms with Crippen molar-refractivity contribution in [1.29, 1.82) is 0 Å². The van der Waals surface area contributed by atoms with Crippen LogP contribution in [0.1, 0.15) is 53.8 Å². The minimum absolute atomic E-state index is 0.0103. The second-order valence-electron chi connectivity index (χ2n) is 7.33. The average molecular weight is 382 g/mol. The molecule has 0 bridgehead atoms. The van der Waals surface area contributed by atoms with E-state index >= 15 is 0 Å². The van der Waals surface area contributed by atoms with Crippen molar-refractivity contribution in [3.05, 3.63) is 53.4 Å². The van der Waals surface area contributed by atoms with E-state index in [1.54, 1.807) is 16.8 Å². The van der Waals surface area contributed by atoms with Gasteiger partial charge >= 0.3 is 0 Å². The molecule has 2 unspecified atom stereocenters. The first-order valence-electron chi connectivity index (χ1n) is 9.53. The summed E-state index contributed by atoms with van der Waals surface area (Å²) in [6.45, 7) is 2.77. The number of hydrogen-bond donors (Lipinski definition) is 1. The average Bonchev–Trinajstić information content (AvgIpc) is 3.33. The van der Waals surface area contributed by atoms with Crippen LogP contribution in [0.5, 0.6) is 0 Å². The zero-order chi connectivity index (χ0) is 19.7. The van der Waals surface area contributed by atoms with Crippen LogP contribution in [-0.2, 0) is 6.42 Å². The Hall–Kier alpha value is -2.87. The van der Waals surface area contributed by atoms with Gasteiger partial charge in [-0.1, -0.05) is 0 Å². The van der Waals surface area contributed by atoms with Gasteiger partial charge in [0.1, 0.15) is 11.6 Å². The molecule has 0 amide bonds. The van der Waals surface area contributed by atoms with Crippen molar-refractivity contribution < 1.29 is 9.18 Å². The summed E-state index contributed by atoms with van der Waals surface area (Å²) >= 11 is 0. The Morgan fingerprint density at radius 3 is 3.07 bits per heavy atom. The number of aryl methyl sites for hydroxylation is 1. The summed E-state index contributed by atoms with van der Waals surface area (Å²) in [4.78, 5) is 22.4. The van der Waals surface area contributed by atoms with Gasteiger partial charge in [-0.3, -0.25) is 9.78 Å². The quantitative estimate of drug-likeness (QED) is 0.660. The molecule has 0 aromatic carbocycles. The Morgan fingerprint density at radius 1 is 1.43 bits per heavy atom. The van der Waals surface area contributed by atoms with Gasteiger partial charge in [-0.2, -0.15) is 5.10 Å². The van der Waals surface area contributed by atoms with E-state index in [1.165, 1.54) is 12.4 Å². The number of anilines is 1. The Labute approximate surface area is 162 Å². The lowest BCUT2D eigenvalue weighted by atomic mass is 9.98. The SMILES string of the molecule is CC(N)CCc1ncc(F)cc1C1CCCN1c1ccn2ncc(C=O)c2n1. The molecule has 4 rings (SSSR count). The van der Waals surface area contributed by atoms with Crippen molar-refractivity contribution in [1.82, 2.24) is 19.6 Å². The smallest absolute Gasteiger partial charge is 0.167 e. The maximum absolute atomic E-state index is 14.0. The molecule has 28 heavy (non-hydrogen) atoms. The summed E-state index contributed by atoms with van der Waals surface area (Å²) in [6.07, 6.45) is 8.69. The number of rotatable bonds is 6. The van der Waals surface area contributed by atoms with E-state index in [0.717, 1.165) is 49.2 Å². The number of nitrogens with two attached hydrogens (primary N) is 1. The molecule has 7 nitrogen and oxygen atoms in total. The second-order valence-corrected chi connectivity index (χ2v) is 7.33. The van der Waals surface area contributed by atoms with Crippen molar-refractivity contribution >= 4 is 17.8 Å². The summed E-state index contributed by atoms with van der Waals surface area (Å²) in [5.74, 6) is 0.412. The van der Waals surface area contributed by atoms with Crippen LogP contribution in [0.3, 0.4) is 0 Å². The summed E-state index contributed by atoms with van der Waals surface area (Å²) in [6, 6.07) is 3.51. The maximum atomic E-state index is 14.0. The number of hydrogen-bond acceptors (Lipinski definition) is 6. The molecule has 0 saturated carbocycles. The Bertz CT molecular complexity index is 1000. The molecule has 1 saturated heterocycles. The maximum Gasteiger partial charge on any atom is 0.167 e. The van der Waals surface area contributed by atoms with Crippen LogP contribution in [0.15, 0.2) is 30.7 Å². The number of nitrogens with zero attached hydrogens (tertiary/aromatic N) is 5. The predicted octanol–water partition coefficient (Wildman–Crippen LogP) is 2.70. The van der Waals surface area contributed by atoms with Crippen LogP contribution in [0, 0.1) is 5.82 Å². The molecule has 146 valence electrons. The second kappa shape index (κ2) is 7.63. The standard InChI is InChI=1S/C20H23FN6O/c1-13(22)4-5-17-16(9-15(21)11-23-17)18-3-2-7-26(18)19-6-8-27-20(25-19)14(12-28)10-24-27/h6,8-13,18H,2-5,7,22H2,1H3. The van der Waals surface area contributed by atoms with E-state index < -0.39 is 0 Å². The van der Waals surface area contributed by atoms with Crippen LogP contribution in [-0.4, -0.2) is 38.5 Å². The lowest BCUT2D eigenvalue weighted by Crippen LogP contribution is -2.25. The van der Waals surface area contributed by atoms with Crippen molar-refractivity contribution in [2.24, 2.45) is 5.73 Å². The van der Waals surface area contributed by atoms with Crippen molar-refractivity contribution in [2.75, 3.05) is 11.4 Å². The predicted molar refractivity (Wildman–Crippen MR) is 104 cm³/mol. The van der Waals surface area contributed by atoms with E-state index in [-0.39, 0.29) is 17.9 Å². The Kier molecular flexibility index (Phi) is 5.04. The molecular weight excluding hydrogens is 359 g/mol. The topological polar surface area (TPSA) is 89.4 Å². The first kappa shape index (κ1) is 18.5. The zero-order valence-corrected chi connectivity index (χ0v) is 15.8. The van der Waals surface area contributed by atoms with E-state index in [0.29, 0.717) is 17.6 Å². The lowest BCUT2D eigenvalue weighted by Gasteiger charge is -2.27. The van der Waals surface area contributed by atoms with Gasteiger partial charge < -0.3 is 10.6 Å². The molecular formula is C20H23FN6O. The molecule has 8 heteroatoms. The van der Waals surface area contributed by atoms with Crippen LogP contribution in [0.2, 0.25) is 0 Å². The highest BCUT2D eigenvalue weighted by Crippen LogP contribution is 2.37. The van der Waals surface area contributed by atoms with Crippen LogP contribution in [0.4, 0.5) is 10.2 Å². The van der Waals surface area contributed by atoms with Crippen LogP contribution >= 0.6 is 0 Å². The van der Waals surface area contributed by atoms with E-state index in [2.05, 4.69) is 20.0 Å². The molecule has 3 aromatic rings. The zero-order valence-electron chi connectivity index (χ0n) is 15.8. The molecule has 0 spiro atoms. The molecule has 2 N–H and O–H groups in total. The fourth-order valence-electron chi connectivity index (χ4n) is 3.83. The Morgan fingerprint density at radius 2 is 2.29 bits per heavy atom. The van der Waals surface area contributed by atoms with Crippen LogP contribution in [0.25, 0.3) is 5.65 Å². The molecule has 3 aromatic heterocycles. The number of aromatic nitrogens is 4. The van der Waals surface area contributed by atoms with Crippen LogP contribution < -0.4 is 10.6 Å². The van der Waals surface area contributed by atoms with Gasteiger partial charge in [0.15, 0.2) is 11.9 Å². The molecule has 0 aliphatic carbocycles. The van der Waals surface area contributed by atoms with Crippen molar-refractivity contribution in [3.8, 4) is 0 Å². The third-order valence-electron chi connectivity index (χ3n) is 5.22. The number of pyridine rings is 1.